The van der Waals surface area contributed by atoms with Gasteiger partial charge in [0.05, 0.1) is 0 Å². The van der Waals surface area contributed by atoms with Crippen LogP contribution >= 0.6 is 23.2 Å². The number of ketones is 1. The molecule has 34 heavy (non-hydrogen) atoms. The lowest BCUT2D eigenvalue weighted by molar-refractivity contribution is -0.129. The predicted octanol–water partition coefficient (Wildman–Crippen LogP) is 5.69. The van der Waals surface area contributed by atoms with E-state index in [0.717, 1.165) is 0 Å². The van der Waals surface area contributed by atoms with Gasteiger partial charge in [0, 0.05) is 32.8 Å². The van der Waals surface area contributed by atoms with Crippen LogP contribution in [0.3, 0.4) is 0 Å². The van der Waals surface area contributed by atoms with Crippen LogP contribution in [0.4, 0.5) is 17.1 Å². The smallest absolute Gasteiger partial charge is 0.261 e. The highest BCUT2D eigenvalue weighted by Crippen LogP contribution is 2.39. The first-order chi connectivity index (χ1) is 16.2. The minimum absolute atomic E-state index is 0.0902. The highest BCUT2D eigenvalue weighted by molar-refractivity contribution is 6.37. The van der Waals surface area contributed by atoms with E-state index in [1.54, 1.807) is 84.6 Å². The van der Waals surface area contributed by atoms with E-state index in [0.29, 0.717) is 32.8 Å². The Labute approximate surface area is 207 Å². The molecule has 0 aromatic heterocycles. The van der Waals surface area contributed by atoms with Crippen molar-refractivity contribution < 1.29 is 14.4 Å². The maximum atomic E-state index is 13.7. The molecule has 2 N–H and O–H groups in total. The van der Waals surface area contributed by atoms with Crippen molar-refractivity contribution >= 4 is 57.9 Å². The summed E-state index contributed by atoms with van der Waals surface area (Å²) in [4.78, 5) is 42.1. The molecule has 0 fully saturated rings. The van der Waals surface area contributed by atoms with Gasteiger partial charge in [0.1, 0.15) is 5.57 Å². The van der Waals surface area contributed by atoms with Crippen LogP contribution in [0.25, 0.3) is 0 Å². The van der Waals surface area contributed by atoms with Crippen LogP contribution in [0.1, 0.15) is 13.8 Å². The Morgan fingerprint density at radius 1 is 0.794 bits per heavy atom. The maximum absolute atomic E-state index is 13.7. The molecule has 0 aliphatic carbocycles. The van der Waals surface area contributed by atoms with Crippen molar-refractivity contribution in [2.24, 2.45) is 0 Å². The number of amides is 2. The molecular weight excluding hydrogens is 473 g/mol. The second-order valence-electron chi connectivity index (χ2n) is 7.95. The van der Waals surface area contributed by atoms with E-state index in [-0.39, 0.29) is 5.57 Å². The van der Waals surface area contributed by atoms with Crippen molar-refractivity contribution in [1.29, 1.82) is 0 Å². The largest absolute Gasteiger partial charge is 0.324 e. The Morgan fingerprint density at radius 3 is 1.82 bits per heavy atom. The molecule has 172 valence electrons. The summed E-state index contributed by atoms with van der Waals surface area (Å²) in [7, 11) is 0. The summed E-state index contributed by atoms with van der Waals surface area (Å²) >= 11 is 11.9. The number of hydrogen-bond acceptors (Lipinski definition) is 4. The number of halogens is 2. The van der Waals surface area contributed by atoms with Crippen LogP contribution in [-0.2, 0) is 14.4 Å². The zero-order chi connectivity index (χ0) is 24.5. The lowest BCUT2D eigenvalue weighted by Crippen LogP contribution is -2.56. The third-order valence-corrected chi connectivity index (χ3v) is 6.21. The van der Waals surface area contributed by atoms with Crippen LogP contribution in [0, 0.1) is 0 Å². The molecule has 3 aromatic carbocycles. The van der Waals surface area contributed by atoms with Crippen LogP contribution in [0.15, 0.2) is 90.1 Å². The Morgan fingerprint density at radius 2 is 1.29 bits per heavy atom. The van der Waals surface area contributed by atoms with E-state index in [9.17, 15) is 14.4 Å². The quantitative estimate of drug-likeness (QED) is 0.353. The molecule has 0 bridgehead atoms. The van der Waals surface area contributed by atoms with Crippen molar-refractivity contribution in [1.82, 2.24) is 0 Å². The number of Topliss-reactive ketones (excluding diaryl/α,β-unsaturated/α-hetero) is 1. The lowest BCUT2D eigenvalue weighted by atomic mass is 9.91. The van der Waals surface area contributed by atoms with Crippen molar-refractivity contribution in [3.63, 3.8) is 0 Å². The van der Waals surface area contributed by atoms with E-state index < -0.39 is 23.1 Å². The van der Waals surface area contributed by atoms with Crippen LogP contribution in [0.2, 0.25) is 10.0 Å². The second kappa shape index (κ2) is 9.33. The van der Waals surface area contributed by atoms with Gasteiger partial charge in [-0.15, -0.1) is 0 Å². The first-order valence-corrected chi connectivity index (χ1v) is 11.2. The van der Waals surface area contributed by atoms with E-state index in [4.69, 9.17) is 23.2 Å². The Balaban J connectivity index is 1.73. The molecule has 3 aromatic rings. The van der Waals surface area contributed by atoms with Gasteiger partial charge in [-0.3, -0.25) is 14.4 Å². The average molecular weight is 494 g/mol. The summed E-state index contributed by atoms with van der Waals surface area (Å²) in [5, 5.41) is 6.55. The van der Waals surface area contributed by atoms with Gasteiger partial charge in [-0.05, 0) is 74.5 Å². The summed E-state index contributed by atoms with van der Waals surface area (Å²) in [6.45, 7) is 3.17. The molecule has 0 saturated heterocycles. The van der Waals surface area contributed by atoms with E-state index >= 15 is 0 Å². The highest BCUT2D eigenvalue weighted by atomic mass is 35.5. The van der Waals surface area contributed by atoms with Gasteiger partial charge >= 0.3 is 0 Å². The van der Waals surface area contributed by atoms with Gasteiger partial charge in [0.15, 0.2) is 5.54 Å². The molecular formula is C26H21Cl2N3O3. The molecule has 0 spiro atoms. The molecule has 1 unspecified atom stereocenters. The number of carbonyl (C=O) groups is 3. The van der Waals surface area contributed by atoms with Gasteiger partial charge < -0.3 is 15.5 Å². The zero-order valence-electron chi connectivity index (χ0n) is 18.4. The van der Waals surface area contributed by atoms with E-state index in [1.807, 2.05) is 6.07 Å². The second-order valence-corrected chi connectivity index (χ2v) is 8.83. The van der Waals surface area contributed by atoms with Gasteiger partial charge in [-0.25, -0.2) is 0 Å². The van der Waals surface area contributed by atoms with Gasteiger partial charge in [-0.2, -0.15) is 0 Å². The molecule has 4 rings (SSSR count). The van der Waals surface area contributed by atoms with Crippen LogP contribution < -0.4 is 15.5 Å². The van der Waals surface area contributed by atoms with Crippen molar-refractivity contribution in [3.05, 3.63) is 100 Å². The maximum Gasteiger partial charge on any atom is 0.261 e. The monoisotopic (exact) mass is 493 g/mol. The number of nitrogens with zero attached hydrogens (tertiary/aromatic N) is 1. The molecule has 0 radical (unpaired) electrons. The number of nitrogens with one attached hydrogen (secondary N) is 2. The van der Waals surface area contributed by atoms with Crippen molar-refractivity contribution in [2.75, 3.05) is 15.5 Å². The van der Waals surface area contributed by atoms with Gasteiger partial charge in [0.2, 0.25) is 5.78 Å². The van der Waals surface area contributed by atoms with E-state index in [1.165, 1.54) is 6.92 Å². The summed E-state index contributed by atoms with van der Waals surface area (Å²) in [6.07, 6.45) is 0. The third-order valence-electron chi connectivity index (χ3n) is 5.70. The standard InChI is InChI=1S/C26H21Cl2N3O3/c1-16-22(24(33)29-19-12-8-17(27)9-13-19)23(32)26(2,31(16)21-6-4-3-5-7-21)25(34)30-20-14-10-18(28)11-15-20/h3-15H,1-2H3,(H,29,33)(H,30,34). The average Bonchev–Trinajstić information content (AvgIpc) is 3.03. The molecule has 6 nitrogen and oxygen atoms in total. The number of carbonyl (C=O) groups excluding carboxylic acids is 3. The number of benzene rings is 3. The topological polar surface area (TPSA) is 78.5 Å². The van der Waals surface area contributed by atoms with Crippen LogP contribution in [0.5, 0.6) is 0 Å². The first kappa shape index (κ1) is 23.5. The number of allylic oxidation sites excluding steroid dienone is 1. The highest BCUT2D eigenvalue weighted by Gasteiger charge is 2.55. The summed E-state index contributed by atoms with van der Waals surface area (Å²) in [5.41, 5.74) is 0.152. The third kappa shape index (κ3) is 4.30. The number of rotatable bonds is 5. The fourth-order valence-corrected chi connectivity index (χ4v) is 4.22. The number of hydrogen-bond donors (Lipinski definition) is 2. The van der Waals surface area contributed by atoms with Gasteiger partial charge in [0.25, 0.3) is 11.8 Å². The van der Waals surface area contributed by atoms with Gasteiger partial charge in [-0.1, -0.05) is 41.4 Å². The molecule has 1 heterocycles. The molecule has 1 aliphatic heterocycles. The van der Waals surface area contributed by atoms with Crippen molar-refractivity contribution in [3.8, 4) is 0 Å². The lowest BCUT2D eigenvalue weighted by Gasteiger charge is -2.35. The van der Waals surface area contributed by atoms with Crippen molar-refractivity contribution in [2.45, 2.75) is 19.4 Å². The molecule has 1 aliphatic rings. The molecule has 8 heteroatoms. The summed E-state index contributed by atoms with van der Waals surface area (Å²) < 4.78 is 0. The normalized spacial score (nSPS) is 17.6. The molecule has 0 saturated carbocycles. The molecule has 2 amide bonds. The summed E-state index contributed by atoms with van der Waals surface area (Å²) in [6, 6.07) is 22.1. The first-order valence-electron chi connectivity index (χ1n) is 10.5. The molecule has 1 atom stereocenters. The fourth-order valence-electron chi connectivity index (χ4n) is 3.97. The Kier molecular flexibility index (Phi) is 6.46. The fraction of sp³-hybridized carbons (Fsp3) is 0.115. The minimum atomic E-state index is -1.70. The number of para-hydroxylation sites is 1. The Hall–Kier alpha value is -3.61. The minimum Gasteiger partial charge on any atom is -0.324 e. The summed E-state index contributed by atoms with van der Waals surface area (Å²) in [5.74, 6) is -1.78. The van der Waals surface area contributed by atoms with E-state index in [2.05, 4.69) is 10.6 Å². The number of anilines is 3. The predicted molar refractivity (Wildman–Crippen MR) is 135 cm³/mol. The van der Waals surface area contributed by atoms with Crippen LogP contribution in [-0.4, -0.2) is 23.1 Å². The zero-order valence-corrected chi connectivity index (χ0v) is 19.9. The Bertz CT molecular complexity index is 1290. The SMILES string of the molecule is CC1=C(C(=O)Nc2ccc(Cl)cc2)C(=O)C(C)(C(=O)Nc2ccc(Cl)cc2)N1c1ccccc1.